The number of anilines is 1. The maximum absolute atomic E-state index is 13.2. The molecule has 1 unspecified atom stereocenters. The fourth-order valence-electron chi connectivity index (χ4n) is 4.08. The molecule has 1 N–H and O–H groups in total. The van der Waals surface area contributed by atoms with E-state index in [1.54, 1.807) is 0 Å². The molecule has 1 aromatic heterocycles. The van der Waals surface area contributed by atoms with Gasteiger partial charge in [-0.2, -0.15) is 0 Å². The van der Waals surface area contributed by atoms with Crippen LogP contribution in [0.15, 0.2) is 59.0 Å². The SMILES string of the molecule is Cc1ccc(-c2cccc(C(=O)N3CCCC(Nc4ccc5c(c4)OCO5)C3)c2)o1. The molecule has 2 aromatic carbocycles. The first-order valence-corrected chi connectivity index (χ1v) is 10.3. The largest absolute Gasteiger partial charge is 0.461 e. The van der Waals surface area contributed by atoms with Crippen LogP contribution in [0.1, 0.15) is 29.0 Å². The van der Waals surface area contributed by atoms with E-state index in [0.29, 0.717) is 12.1 Å². The Morgan fingerprint density at radius 1 is 1.07 bits per heavy atom. The Labute approximate surface area is 175 Å². The summed E-state index contributed by atoms with van der Waals surface area (Å²) in [6.45, 7) is 3.61. The lowest BCUT2D eigenvalue weighted by Crippen LogP contribution is -2.45. The molecule has 1 saturated heterocycles. The number of carbonyl (C=O) groups is 1. The van der Waals surface area contributed by atoms with Gasteiger partial charge in [-0.3, -0.25) is 4.79 Å². The van der Waals surface area contributed by atoms with Crippen LogP contribution in [0.25, 0.3) is 11.3 Å². The number of hydrogen-bond acceptors (Lipinski definition) is 5. The molecule has 0 spiro atoms. The Bertz CT molecular complexity index is 1070. The lowest BCUT2D eigenvalue weighted by atomic mass is 10.0. The zero-order chi connectivity index (χ0) is 20.5. The number of hydrogen-bond donors (Lipinski definition) is 1. The van der Waals surface area contributed by atoms with Gasteiger partial charge in [0.05, 0.1) is 0 Å². The van der Waals surface area contributed by atoms with Crippen LogP contribution in [0.5, 0.6) is 11.5 Å². The molecule has 2 aliphatic rings. The van der Waals surface area contributed by atoms with E-state index in [-0.39, 0.29) is 18.7 Å². The highest BCUT2D eigenvalue weighted by Gasteiger charge is 2.25. The third kappa shape index (κ3) is 3.73. The number of likely N-dealkylation sites (tertiary alicyclic amines) is 1. The number of rotatable bonds is 4. The van der Waals surface area contributed by atoms with Gasteiger partial charge in [-0.05, 0) is 56.2 Å². The van der Waals surface area contributed by atoms with Crippen molar-refractivity contribution in [1.29, 1.82) is 0 Å². The van der Waals surface area contributed by atoms with E-state index < -0.39 is 0 Å². The molecule has 6 nitrogen and oxygen atoms in total. The van der Waals surface area contributed by atoms with Crippen LogP contribution in [0.4, 0.5) is 5.69 Å². The standard InChI is InChI=1S/C24H24N2O4/c1-16-7-9-21(30-16)17-4-2-5-18(12-17)24(27)26-11-3-6-20(14-26)25-19-8-10-22-23(13-19)29-15-28-22/h2,4-5,7-10,12-13,20,25H,3,6,11,14-15H2,1H3. The molecule has 3 heterocycles. The zero-order valence-electron chi connectivity index (χ0n) is 16.9. The van der Waals surface area contributed by atoms with Crippen molar-refractivity contribution in [2.75, 3.05) is 25.2 Å². The van der Waals surface area contributed by atoms with Crippen LogP contribution >= 0.6 is 0 Å². The van der Waals surface area contributed by atoms with Crippen LogP contribution in [0, 0.1) is 6.92 Å². The maximum Gasteiger partial charge on any atom is 0.253 e. The summed E-state index contributed by atoms with van der Waals surface area (Å²) in [5.41, 5.74) is 2.58. The van der Waals surface area contributed by atoms with Crippen molar-refractivity contribution in [3.05, 3.63) is 65.9 Å². The summed E-state index contributed by atoms with van der Waals surface area (Å²) >= 11 is 0. The summed E-state index contributed by atoms with van der Waals surface area (Å²) in [4.78, 5) is 15.1. The number of carbonyl (C=O) groups excluding carboxylic acids is 1. The Balaban J connectivity index is 1.28. The van der Waals surface area contributed by atoms with Crippen molar-refractivity contribution in [3.63, 3.8) is 0 Å². The summed E-state index contributed by atoms with van der Waals surface area (Å²) in [6, 6.07) is 17.6. The Kier molecular flexibility index (Phi) is 4.83. The van der Waals surface area contributed by atoms with Crippen LogP contribution in [0.3, 0.4) is 0 Å². The van der Waals surface area contributed by atoms with E-state index in [1.807, 2.05) is 66.4 Å². The first-order valence-electron chi connectivity index (χ1n) is 10.3. The number of piperidine rings is 1. The lowest BCUT2D eigenvalue weighted by Gasteiger charge is -2.34. The molecule has 0 radical (unpaired) electrons. The van der Waals surface area contributed by atoms with Crippen molar-refractivity contribution in [3.8, 4) is 22.8 Å². The predicted molar refractivity (Wildman–Crippen MR) is 114 cm³/mol. The highest BCUT2D eigenvalue weighted by molar-refractivity contribution is 5.95. The van der Waals surface area contributed by atoms with Gasteiger partial charge in [-0.25, -0.2) is 0 Å². The van der Waals surface area contributed by atoms with Crippen LogP contribution in [0.2, 0.25) is 0 Å². The predicted octanol–water partition coefficient (Wildman–Crippen LogP) is 4.70. The molecule has 0 saturated carbocycles. The molecule has 154 valence electrons. The molecule has 1 atom stereocenters. The number of ether oxygens (including phenoxy) is 2. The first-order chi connectivity index (χ1) is 14.7. The average Bonchev–Trinajstić information content (AvgIpc) is 3.42. The van der Waals surface area contributed by atoms with Gasteiger partial charge >= 0.3 is 0 Å². The molecule has 5 rings (SSSR count). The smallest absolute Gasteiger partial charge is 0.253 e. The minimum atomic E-state index is 0.0531. The minimum Gasteiger partial charge on any atom is -0.461 e. The Morgan fingerprint density at radius 2 is 1.97 bits per heavy atom. The molecule has 1 fully saturated rings. The summed E-state index contributed by atoms with van der Waals surface area (Å²) in [5, 5.41) is 3.54. The number of amides is 1. The molecule has 0 bridgehead atoms. The van der Waals surface area contributed by atoms with Gasteiger partial charge < -0.3 is 24.1 Å². The normalized spacial score (nSPS) is 17.8. The molecular formula is C24H24N2O4. The number of nitrogens with one attached hydrogen (secondary N) is 1. The van der Waals surface area contributed by atoms with Gasteiger partial charge in [0.2, 0.25) is 6.79 Å². The van der Waals surface area contributed by atoms with Crippen molar-refractivity contribution in [1.82, 2.24) is 4.90 Å². The monoisotopic (exact) mass is 404 g/mol. The molecule has 30 heavy (non-hydrogen) atoms. The second kappa shape index (κ2) is 7.78. The van der Waals surface area contributed by atoms with Crippen molar-refractivity contribution in [2.45, 2.75) is 25.8 Å². The van der Waals surface area contributed by atoms with Crippen LogP contribution in [-0.4, -0.2) is 36.7 Å². The summed E-state index contributed by atoms with van der Waals surface area (Å²) < 4.78 is 16.5. The van der Waals surface area contributed by atoms with E-state index >= 15 is 0 Å². The first kappa shape index (κ1) is 18.6. The molecule has 0 aliphatic carbocycles. The molecule has 2 aliphatic heterocycles. The van der Waals surface area contributed by atoms with E-state index in [1.165, 1.54) is 0 Å². The van der Waals surface area contributed by atoms with Gasteiger partial charge in [0, 0.05) is 42.0 Å². The summed E-state index contributed by atoms with van der Waals surface area (Å²) in [6.07, 6.45) is 1.98. The number of furan rings is 1. The third-order valence-electron chi connectivity index (χ3n) is 5.59. The highest BCUT2D eigenvalue weighted by Crippen LogP contribution is 2.34. The van der Waals surface area contributed by atoms with Gasteiger partial charge in [-0.15, -0.1) is 0 Å². The zero-order valence-corrected chi connectivity index (χ0v) is 16.9. The van der Waals surface area contributed by atoms with E-state index in [9.17, 15) is 4.79 Å². The molecule has 3 aromatic rings. The number of aryl methyl sites for hydroxylation is 1. The molecule has 1 amide bonds. The van der Waals surface area contributed by atoms with Gasteiger partial charge in [-0.1, -0.05) is 12.1 Å². The third-order valence-corrected chi connectivity index (χ3v) is 5.59. The van der Waals surface area contributed by atoms with Crippen LogP contribution < -0.4 is 14.8 Å². The molecular weight excluding hydrogens is 380 g/mol. The molecule has 6 heteroatoms. The van der Waals surface area contributed by atoms with Crippen molar-refractivity contribution in [2.24, 2.45) is 0 Å². The van der Waals surface area contributed by atoms with Crippen molar-refractivity contribution < 1.29 is 18.7 Å². The maximum atomic E-state index is 13.2. The summed E-state index contributed by atoms with van der Waals surface area (Å²) in [5.74, 6) is 3.22. The second-order valence-electron chi connectivity index (χ2n) is 7.79. The fraction of sp³-hybridized carbons (Fsp3) is 0.292. The van der Waals surface area contributed by atoms with Gasteiger partial charge in [0.25, 0.3) is 5.91 Å². The van der Waals surface area contributed by atoms with Gasteiger partial charge in [0.15, 0.2) is 11.5 Å². The topological polar surface area (TPSA) is 63.9 Å². The lowest BCUT2D eigenvalue weighted by molar-refractivity contribution is 0.0715. The van der Waals surface area contributed by atoms with E-state index in [2.05, 4.69) is 5.32 Å². The van der Waals surface area contributed by atoms with Gasteiger partial charge in [0.1, 0.15) is 11.5 Å². The summed E-state index contributed by atoms with van der Waals surface area (Å²) in [7, 11) is 0. The minimum absolute atomic E-state index is 0.0531. The number of benzene rings is 2. The van der Waals surface area contributed by atoms with Crippen LogP contribution in [-0.2, 0) is 0 Å². The van der Waals surface area contributed by atoms with E-state index in [4.69, 9.17) is 13.9 Å². The number of nitrogens with zero attached hydrogens (tertiary/aromatic N) is 1. The average molecular weight is 404 g/mol. The van der Waals surface area contributed by atoms with Crippen molar-refractivity contribution >= 4 is 11.6 Å². The quantitative estimate of drug-likeness (QED) is 0.683. The second-order valence-corrected chi connectivity index (χ2v) is 7.79. The van der Waals surface area contributed by atoms with E-state index in [0.717, 1.165) is 53.7 Å². The number of fused-ring (bicyclic) bond motifs is 1. The fourth-order valence-corrected chi connectivity index (χ4v) is 4.08. The Morgan fingerprint density at radius 3 is 2.83 bits per heavy atom. The Hall–Kier alpha value is -3.41. The highest BCUT2D eigenvalue weighted by atomic mass is 16.7.